The molecule has 6 heteroatoms. The number of rotatable bonds is 4. The second kappa shape index (κ2) is 7.35. The number of amides is 1. The van der Waals surface area contributed by atoms with Gasteiger partial charge in [-0.15, -0.1) is 0 Å². The van der Waals surface area contributed by atoms with Crippen molar-refractivity contribution in [2.75, 3.05) is 11.9 Å². The van der Waals surface area contributed by atoms with Gasteiger partial charge in [-0.05, 0) is 65.9 Å². The molecule has 0 saturated carbocycles. The van der Waals surface area contributed by atoms with E-state index in [1.54, 1.807) is 25.1 Å². The number of nitrogens with one attached hydrogen (secondary N) is 1. The first-order valence-corrected chi connectivity index (χ1v) is 7.62. The van der Waals surface area contributed by atoms with Crippen LogP contribution in [0.5, 0.6) is 0 Å². The van der Waals surface area contributed by atoms with Gasteiger partial charge in [0.2, 0.25) is 0 Å². The largest absolute Gasteiger partial charge is 0.462 e. The van der Waals surface area contributed by atoms with E-state index in [4.69, 9.17) is 4.74 Å². The highest BCUT2D eigenvalue weighted by Gasteiger charge is 2.11. The number of hydrogen-bond acceptors (Lipinski definition) is 3. The minimum absolute atomic E-state index is 0.208. The molecule has 0 heterocycles. The molecule has 0 unspecified atom stereocenters. The van der Waals surface area contributed by atoms with Crippen LogP contribution in [0.1, 0.15) is 27.6 Å². The van der Waals surface area contributed by atoms with Crippen molar-refractivity contribution >= 4 is 40.2 Å². The van der Waals surface area contributed by atoms with Crippen LogP contribution < -0.4 is 5.32 Å². The zero-order valence-electron chi connectivity index (χ0n) is 11.7. The maximum Gasteiger partial charge on any atom is 0.338 e. The lowest BCUT2D eigenvalue weighted by atomic mass is 10.1. The van der Waals surface area contributed by atoms with Gasteiger partial charge in [0.05, 0.1) is 12.2 Å². The van der Waals surface area contributed by atoms with Gasteiger partial charge >= 0.3 is 5.97 Å². The molecule has 2 aromatic rings. The fourth-order valence-corrected chi connectivity index (χ4v) is 2.11. The van der Waals surface area contributed by atoms with E-state index in [9.17, 15) is 14.0 Å². The molecule has 0 fully saturated rings. The van der Waals surface area contributed by atoms with Crippen LogP contribution in [0.4, 0.5) is 10.1 Å². The number of carbonyl (C=O) groups excluding carboxylic acids is 2. The normalized spacial score (nSPS) is 10.1. The predicted molar refractivity (Wildman–Crippen MR) is 89.5 cm³/mol. The maximum atomic E-state index is 13.5. The lowest BCUT2D eigenvalue weighted by Crippen LogP contribution is -2.13. The van der Waals surface area contributed by atoms with Crippen LogP contribution in [0, 0.1) is 9.39 Å². The highest BCUT2D eigenvalue weighted by Crippen LogP contribution is 2.16. The maximum absolute atomic E-state index is 13.5. The quantitative estimate of drug-likeness (QED) is 0.612. The molecule has 0 aliphatic heterocycles. The summed E-state index contributed by atoms with van der Waals surface area (Å²) in [4.78, 5) is 23.7. The molecule has 0 aliphatic carbocycles. The Hall–Kier alpha value is -1.96. The molecule has 0 atom stereocenters. The van der Waals surface area contributed by atoms with Crippen molar-refractivity contribution in [3.8, 4) is 0 Å². The minimum atomic E-state index is -0.459. The molecule has 114 valence electrons. The van der Waals surface area contributed by atoms with E-state index in [-0.39, 0.29) is 12.2 Å². The van der Waals surface area contributed by atoms with E-state index in [2.05, 4.69) is 5.32 Å². The van der Waals surface area contributed by atoms with E-state index in [1.807, 2.05) is 22.6 Å². The lowest BCUT2D eigenvalue weighted by Gasteiger charge is -2.08. The second-order valence-corrected chi connectivity index (χ2v) is 5.55. The summed E-state index contributed by atoms with van der Waals surface area (Å²) in [5.41, 5.74) is 0.988. The number of esters is 1. The highest BCUT2D eigenvalue weighted by atomic mass is 127. The van der Waals surface area contributed by atoms with E-state index >= 15 is 0 Å². The van der Waals surface area contributed by atoms with Crippen LogP contribution in [-0.2, 0) is 4.74 Å². The van der Waals surface area contributed by atoms with Gasteiger partial charge in [0.15, 0.2) is 0 Å². The van der Waals surface area contributed by atoms with Crippen LogP contribution in [0.15, 0.2) is 42.5 Å². The van der Waals surface area contributed by atoms with Crippen molar-refractivity contribution in [2.45, 2.75) is 6.92 Å². The number of benzene rings is 2. The first kappa shape index (κ1) is 16.4. The van der Waals surface area contributed by atoms with Crippen LogP contribution in [-0.4, -0.2) is 18.5 Å². The zero-order chi connectivity index (χ0) is 16.1. The summed E-state index contributed by atoms with van der Waals surface area (Å²) in [7, 11) is 0. The van der Waals surface area contributed by atoms with Gasteiger partial charge in [0.25, 0.3) is 5.91 Å². The Bertz CT molecular complexity index is 718. The Morgan fingerprint density at radius 2 is 1.95 bits per heavy atom. The Morgan fingerprint density at radius 1 is 1.18 bits per heavy atom. The number of carbonyl (C=O) groups is 2. The molecule has 0 aliphatic rings. The van der Waals surface area contributed by atoms with Crippen molar-refractivity contribution in [1.29, 1.82) is 0 Å². The zero-order valence-corrected chi connectivity index (χ0v) is 13.9. The van der Waals surface area contributed by atoms with Gasteiger partial charge in [-0.25, -0.2) is 9.18 Å². The third-order valence-electron chi connectivity index (χ3n) is 2.81. The first-order chi connectivity index (χ1) is 10.5. The van der Waals surface area contributed by atoms with Crippen LogP contribution >= 0.6 is 22.6 Å². The molecular formula is C16H13FINO3. The standard InChI is InChI=1S/C16H13FINO3/c1-2-22-16(21)11-4-3-5-12(8-11)19-15(20)10-6-7-14(18)13(17)9-10/h3-9H,2H2,1H3,(H,19,20). The van der Waals surface area contributed by atoms with Crippen molar-refractivity contribution in [2.24, 2.45) is 0 Å². The van der Waals surface area contributed by atoms with Crippen molar-refractivity contribution < 1.29 is 18.7 Å². The topological polar surface area (TPSA) is 55.4 Å². The molecule has 2 rings (SSSR count). The average molecular weight is 413 g/mol. The summed E-state index contributed by atoms with van der Waals surface area (Å²) in [6, 6.07) is 10.6. The van der Waals surface area contributed by atoms with E-state index in [0.717, 1.165) is 0 Å². The molecule has 0 aromatic heterocycles. The second-order valence-electron chi connectivity index (χ2n) is 4.38. The molecule has 22 heavy (non-hydrogen) atoms. The summed E-state index contributed by atoms with van der Waals surface area (Å²) >= 11 is 1.85. The molecule has 0 radical (unpaired) electrons. The Kier molecular flexibility index (Phi) is 5.48. The summed E-state index contributed by atoms with van der Waals surface area (Å²) < 4.78 is 18.8. The minimum Gasteiger partial charge on any atom is -0.462 e. The van der Waals surface area contributed by atoms with Crippen LogP contribution in [0.25, 0.3) is 0 Å². The molecule has 4 nitrogen and oxygen atoms in total. The Labute approximate surface area is 140 Å². The lowest BCUT2D eigenvalue weighted by molar-refractivity contribution is 0.0526. The van der Waals surface area contributed by atoms with Gasteiger partial charge in [0.1, 0.15) is 5.82 Å². The van der Waals surface area contributed by atoms with Gasteiger partial charge in [-0.3, -0.25) is 4.79 Å². The van der Waals surface area contributed by atoms with Crippen LogP contribution in [0.2, 0.25) is 0 Å². The summed E-state index contributed by atoms with van der Waals surface area (Å²) in [6.07, 6.45) is 0. The molecule has 2 aromatic carbocycles. The summed E-state index contributed by atoms with van der Waals surface area (Å²) in [5.74, 6) is -1.36. The van der Waals surface area contributed by atoms with E-state index in [1.165, 1.54) is 24.3 Å². The van der Waals surface area contributed by atoms with Crippen molar-refractivity contribution in [3.05, 3.63) is 63.0 Å². The fourth-order valence-electron chi connectivity index (χ4n) is 1.78. The summed E-state index contributed by atoms with van der Waals surface area (Å²) in [5, 5.41) is 2.63. The van der Waals surface area contributed by atoms with Gasteiger partial charge < -0.3 is 10.1 Å². The van der Waals surface area contributed by atoms with Gasteiger partial charge in [0, 0.05) is 14.8 Å². The molecule has 1 N–H and O–H groups in total. The molecule has 0 spiro atoms. The van der Waals surface area contributed by atoms with Gasteiger partial charge in [-0.1, -0.05) is 6.07 Å². The third-order valence-corrected chi connectivity index (χ3v) is 3.69. The highest BCUT2D eigenvalue weighted by molar-refractivity contribution is 14.1. The Morgan fingerprint density at radius 3 is 2.64 bits per heavy atom. The van der Waals surface area contributed by atoms with Crippen molar-refractivity contribution in [1.82, 2.24) is 0 Å². The summed E-state index contributed by atoms with van der Waals surface area (Å²) in [6.45, 7) is 1.99. The van der Waals surface area contributed by atoms with E-state index in [0.29, 0.717) is 14.8 Å². The van der Waals surface area contributed by atoms with Crippen LogP contribution in [0.3, 0.4) is 0 Å². The fraction of sp³-hybridized carbons (Fsp3) is 0.125. The number of hydrogen-bond donors (Lipinski definition) is 1. The Balaban J connectivity index is 2.16. The monoisotopic (exact) mass is 413 g/mol. The number of halogens is 2. The van der Waals surface area contributed by atoms with E-state index < -0.39 is 17.7 Å². The van der Waals surface area contributed by atoms with Crippen molar-refractivity contribution in [3.63, 3.8) is 0 Å². The molecule has 0 saturated heterocycles. The first-order valence-electron chi connectivity index (χ1n) is 6.55. The molecular weight excluding hydrogens is 400 g/mol. The third kappa shape index (κ3) is 4.03. The molecule has 1 amide bonds. The predicted octanol–water partition coefficient (Wildman–Crippen LogP) is 3.86. The number of ether oxygens (including phenoxy) is 1. The number of anilines is 1. The average Bonchev–Trinajstić information content (AvgIpc) is 2.50. The van der Waals surface area contributed by atoms with Gasteiger partial charge in [-0.2, -0.15) is 0 Å². The smallest absolute Gasteiger partial charge is 0.338 e. The molecule has 0 bridgehead atoms. The SMILES string of the molecule is CCOC(=O)c1cccc(NC(=O)c2ccc(I)c(F)c2)c1.